The molecular formula is C35H46N6O4. The number of nitrogens with one attached hydrogen (secondary N) is 4. The highest BCUT2D eigenvalue weighted by molar-refractivity contribution is 5.92. The molecule has 2 atom stereocenters. The van der Waals surface area contributed by atoms with Crippen molar-refractivity contribution in [2.45, 2.75) is 70.9 Å². The Morgan fingerprint density at radius 2 is 1.13 bits per heavy atom. The number of hydrogen-bond acceptors (Lipinski definition) is 8. The molecule has 2 aromatic heterocycles. The lowest BCUT2D eigenvalue weighted by Gasteiger charge is -2.17. The molecule has 2 heterocycles. The zero-order valence-corrected chi connectivity index (χ0v) is 26.8. The molecule has 4 N–H and O–H groups in total. The Kier molecular flexibility index (Phi) is 12.6. The lowest BCUT2D eigenvalue weighted by molar-refractivity contribution is -0.122. The van der Waals surface area contributed by atoms with Gasteiger partial charge < -0.3 is 30.7 Å². The Morgan fingerprint density at radius 3 is 1.56 bits per heavy atom. The van der Waals surface area contributed by atoms with Gasteiger partial charge in [0.05, 0.1) is 36.6 Å². The number of fused-ring (bicyclic) bond motifs is 2. The number of carbonyl (C=O) groups is 2. The predicted octanol–water partition coefficient (Wildman–Crippen LogP) is 6.06. The van der Waals surface area contributed by atoms with Crippen LogP contribution in [0.5, 0.6) is 11.5 Å². The first-order valence-electron chi connectivity index (χ1n) is 15.8. The average Bonchev–Trinajstić information content (AvgIpc) is 3.05. The number of nitrogens with zero attached hydrogens (tertiary/aromatic N) is 2. The summed E-state index contributed by atoms with van der Waals surface area (Å²) in [6.07, 6.45) is 8.23. The molecule has 2 aromatic carbocycles. The number of methoxy groups -OCH3 is 2. The topological polar surface area (TPSA) is 127 Å². The molecule has 0 aliphatic rings. The zero-order valence-electron chi connectivity index (χ0n) is 26.8. The van der Waals surface area contributed by atoms with Crippen LogP contribution >= 0.6 is 0 Å². The summed E-state index contributed by atoms with van der Waals surface area (Å²) in [5.74, 6) is 1.52. The molecule has 0 spiro atoms. The normalized spacial score (nSPS) is 12.4. The van der Waals surface area contributed by atoms with E-state index < -0.39 is 0 Å². The van der Waals surface area contributed by atoms with Crippen LogP contribution in [0.25, 0.3) is 21.8 Å². The van der Waals surface area contributed by atoms with E-state index in [0.29, 0.717) is 32.4 Å². The van der Waals surface area contributed by atoms with E-state index in [1.807, 2.05) is 48.5 Å². The molecule has 0 radical (unpaired) electrons. The molecular weight excluding hydrogens is 568 g/mol. The number of benzene rings is 2. The first kappa shape index (κ1) is 33.3. The summed E-state index contributed by atoms with van der Waals surface area (Å²) in [5.41, 5.74) is 3.69. The second-order valence-corrected chi connectivity index (χ2v) is 11.4. The van der Waals surface area contributed by atoms with Crippen LogP contribution in [0.15, 0.2) is 60.9 Å². The Labute approximate surface area is 265 Å². The van der Waals surface area contributed by atoms with Gasteiger partial charge in [-0.1, -0.05) is 12.1 Å². The second kappa shape index (κ2) is 17.0. The van der Waals surface area contributed by atoms with Gasteiger partial charge in [0.15, 0.2) is 0 Å². The molecule has 2 unspecified atom stereocenters. The third-order valence-electron chi connectivity index (χ3n) is 7.71. The van der Waals surface area contributed by atoms with Crippen molar-refractivity contribution in [2.75, 3.05) is 37.9 Å². The van der Waals surface area contributed by atoms with Crippen LogP contribution in [0, 0.1) is 0 Å². The van der Waals surface area contributed by atoms with Crippen molar-refractivity contribution in [1.82, 2.24) is 20.6 Å². The highest BCUT2D eigenvalue weighted by atomic mass is 16.5. The number of amides is 2. The summed E-state index contributed by atoms with van der Waals surface area (Å²) < 4.78 is 10.9. The van der Waals surface area contributed by atoms with Crippen molar-refractivity contribution >= 4 is 45.0 Å². The van der Waals surface area contributed by atoms with E-state index in [2.05, 4.69) is 45.1 Å². The highest BCUT2D eigenvalue weighted by Gasteiger charge is 2.11. The third kappa shape index (κ3) is 10.2. The smallest absolute Gasteiger partial charge is 0.220 e. The Balaban J connectivity index is 1.05. The molecule has 4 aromatic rings. The van der Waals surface area contributed by atoms with Gasteiger partial charge >= 0.3 is 0 Å². The average molecular weight is 615 g/mol. The second-order valence-electron chi connectivity index (χ2n) is 11.4. The minimum atomic E-state index is -0.0224. The number of carbonyl (C=O) groups excluding carboxylic acids is 2. The van der Waals surface area contributed by atoms with Crippen LogP contribution in [0.1, 0.15) is 58.8 Å². The number of anilines is 2. The quantitative estimate of drug-likeness (QED) is 0.0996. The molecule has 10 heteroatoms. The van der Waals surface area contributed by atoms with Gasteiger partial charge in [-0.25, -0.2) is 0 Å². The van der Waals surface area contributed by atoms with Gasteiger partial charge in [-0.15, -0.1) is 0 Å². The Bertz CT molecular complexity index is 1450. The van der Waals surface area contributed by atoms with Crippen molar-refractivity contribution < 1.29 is 19.1 Å². The summed E-state index contributed by atoms with van der Waals surface area (Å²) in [6, 6.07) is 16.1. The van der Waals surface area contributed by atoms with Crippen LogP contribution < -0.4 is 30.7 Å². The molecule has 2 amide bonds. The van der Waals surface area contributed by atoms with Gasteiger partial charge in [-0.3, -0.25) is 19.6 Å². The van der Waals surface area contributed by atoms with Crippen molar-refractivity contribution in [3.05, 3.63) is 60.9 Å². The van der Waals surface area contributed by atoms with E-state index >= 15 is 0 Å². The zero-order chi connectivity index (χ0) is 32.0. The van der Waals surface area contributed by atoms with Crippen LogP contribution in [-0.4, -0.2) is 61.2 Å². The molecule has 0 aliphatic carbocycles. The van der Waals surface area contributed by atoms with E-state index in [0.717, 1.165) is 70.4 Å². The fraction of sp³-hybridized carbons (Fsp3) is 0.429. The molecule has 0 fully saturated rings. The van der Waals surface area contributed by atoms with Gasteiger partial charge in [0.2, 0.25) is 11.8 Å². The maximum absolute atomic E-state index is 12.3. The van der Waals surface area contributed by atoms with Crippen molar-refractivity contribution in [1.29, 1.82) is 0 Å². The van der Waals surface area contributed by atoms with Gasteiger partial charge in [-0.2, -0.15) is 0 Å². The molecule has 0 saturated carbocycles. The molecule has 0 saturated heterocycles. The third-order valence-corrected chi connectivity index (χ3v) is 7.71. The standard InChI is InChI=1S/C35H46N6O4/c1-24(40-30-22-28(44-3)20-26-12-8-18-38-34(26)30)10-6-16-36-32(42)14-5-15-33(43)37-17-7-11-25(2)41-31-23-29(45-4)21-27-13-9-19-39-35(27)31/h8-9,12-13,18-25,40-41H,5-7,10-11,14-17H2,1-4H3,(H,36,42)(H,37,43). The Hall–Kier alpha value is -4.60. The summed E-state index contributed by atoms with van der Waals surface area (Å²) >= 11 is 0. The fourth-order valence-corrected chi connectivity index (χ4v) is 5.32. The monoisotopic (exact) mass is 614 g/mol. The molecule has 4 rings (SSSR count). The predicted molar refractivity (Wildman–Crippen MR) is 181 cm³/mol. The largest absolute Gasteiger partial charge is 0.497 e. The Morgan fingerprint density at radius 1 is 0.689 bits per heavy atom. The highest BCUT2D eigenvalue weighted by Crippen LogP contribution is 2.29. The lowest BCUT2D eigenvalue weighted by atomic mass is 10.1. The van der Waals surface area contributed by atoms with Gasteiger partial charge in [0, 0.05) is 73.3 Å². The lowest BCUT2D eigenvalue weighted by Crippen LogP contribution is -2.28. The first-order chi connectivity index (χ1) is 21.9. The van der Waals surface area contributed by atoms with Crippen LogP contribution in [0.2, 0.25) is 0 Å². The molecule has 45 heavy (non-hydrogen) atoms. The van der Waals surface area contributed by atoms with Gasteiger partial charge in [-0.05, 0) is 70.2 Å². The van der Waals surface area contributed by atoms with E-state index in [4.69, 9.17) is 9.47 Å². The number of aromatic nitrogens is 2. The van der Waals surface area contributed by atoms with Gasteiger partial charge in [0.25, 0.3) is 0 Å². The molecule has 0 bridgehead atoms. The molecule has 240 valence electrons. The van der Waals surface area contributed by atoms with E-state index in [1.165, 1.54) is 0 Å². The summed E-state index contributed by atoms with van der Waals surface area (Å²) in [7, 11) is 3.32. The minimum Gasteiger partial charge on any atom is -0.497 e. The number of rotatable bonds is 18. The number of pyridine rings is 2. The number of hydrogen-bond donors (Lipinski definition) is 4. The van der Waals surface area contributed by atoms with Crippen LogP contribution in [-0.2, 0) is 9.59 Å². The van der Waals surface area contributed by atoms with Crippen LogP contribution in [0.4, 0.5) is 11.4 Å². The SMILES string of the molecule is COc1cc(NC(C)CCCNC(=O)CCCC(=O)NCCCC(C)Nc2cc(OC)cc3cccnc23)c2ncccc2c1. The summed E-state index contributed by atoms with van der Waals surface area (Å²) in [5, 5.41) is 15.1. The van der Waals surface area contributed by atoms with Crippen molar-refractivity contribution in [3.8, 4) is 11.5 Å². The van der Waals surface area contributed by atoms with Crippen molar-refractivity contribution in [2.24, 2.45) is 0 Å². The van der Waals surface area contributed by atoms with Gasteiger partial charge in [0.1, 0.15) is 11.5 Å². The van der Waals surface area contributed by atoms with E-state index in [-0.39, 0.29) is 23.9 Å². The van der Waals surface area contributed by atoms with E-state index in [9.17, 15) is 9.59 Å². The van der Waals surface area contributed by atoms with Crippen LogP contribution in [0.3, 0.4) is 0 Å². The maximum atomic E-state index is 12.3. The molecule has 10 nitrogen and oxygen atoms in total. The summed E-state index contributed by atoms with van der Waals surface area (Å²) in [4.78, 5) is 33.6. The summed E-state index contributed by atoms with van der Waals surface area (Å²) in [6.45, 7) is 5.43. The van der Waals surface area contributed by atoms with E-state index in [1.54, 1.807) is 26.6 Å². The van der Waals surface area contributed by atoms with Crippen molar-refractivity contribution in [3.63, 3.8) is 0 Å². The maximum Gasteiger partial charge on any atom is 0.220 e. The number of ether oxygens (including phenoxy) is 2. The minimum absolute atomic E-state index is 0.0224. The fourth-order valence-electron chi connectivity index (χ4n) is 5.32. The first-order valence-corrected chi connectivity index (χ1v) is 15.8. The molecule has 0 aliphatic heterocycles.